The molecule has 0 saturated carbocycles. The molecule has 0 aliphatic carbocycles. The van der Waals surface area contributed by atoms with Gasteiger partial charge in [0.2, 0.25) is 5.89 Å². The van der Waals surface area contributed by atoms with Crippen molar-refractivity contribution in [2.75, 3.05) is 6.61 Å². The lowest BCUT2D eigenvalue weighted by Gasteiger charge is -2.02. The Balaban J connectivity index is 2.17. The molecule has 0 spiro atoms. The third-order valence-corrected chi connectivity index (χ3v) is 2.95. The molecule has 0 amide bonds. The Labute approximate surface area is 126 Å². The summed E-state index contributed by atoms with van der Waals surface area (Å²) in [6, 6.07) is 0. The Bertz CT molecular complexity index is 610. The highest BCUT2D eigenvalue weighted by Gasteiger charge is 2.21. The minimum absolute atomic E-state index is 0.0805. The first-order chi connectivity index (χ1) is 10.2. The molecule has 0 bridgehead atoms. The predicted molar refractivity (Wildman–Crippen MR) is 72.9 cm³/mol. The molecule has 0 saturated heterocycles. The number of rotatable bonds is 7. The number of carbonyl (C=O) groups excluding carboxylic acids is 1. The molecule has 114 valence electrons. The number of aryl methyl sites for hydroxylation is 1. The van der Waals surface area contributed by atoms with Gasteiger partial charge in [0, 0.05) is 6.42 Å². The van der Waals surface area contributed by atoms with Gasteiger partial charge < -0.3 is 9.26 Å². The van der Waals surface area contributed by atoms with Crippen molar-refractivity contribution in [3.8, 4) is 0 Å². The highest BCUT2D eigenvalue weighted by atomic mass is 35.5. The number of ether oxygens (including phenoxy) is 1. The van der Waals surface area contributed by atoms with Crippen LogP contribution in [-0.2, 0) is 23.6 Å². The fourth-order valence-corrected chi connectivity index (χ4v) is 2.02. The molecule has 0 aromatic carbocycles. The molecule has 0 fully saturated rings. The Morgan fingerprint density at radius 3 is 2.90 bits per heavy atom. The van der Waals surface area contributed by atoms with Gasteiger partial charge in [-0.2, -0.15) is 4.98 Å². The molecule has 2 aromatic rings. The molecule has 8 nitrogen and oxygen atoms in total. The smallest absolute Gasteiger partial charge is 0.360 e. The highest BCUT2D eigenvalue weighted by Crippen LogP contribution is 2.12. The van der Waals surface area contributed by atoms with Gasteiger partial charge in [0.05, 0.1) is 18.2 Å². The van der Waals surface area contributed by atoms with Crippen LogP contribution in [0.4, 0.5) is 0 Å². The van der Waals surface area contributed by atoms with Gasteiger partial charge in [-0.15, -0.1) is 16.7 Å². The average molecular weight is 314 g/mol. The van der Waals surface area contributed by atoms with Crippen molar-refractivity contribution in [2.45, 2.75) is 39.1 Å². The van der Waals surface area contributed by atoms with Crippen LogP contribution in [0.5, 0.6) is 0 Å². The predicted octanol–water partition coefficient (Wildman–Crippen LogP) is 1.58. The Morgan fingerprint density at radius 2 is 2.24 bits per heavy atom. The summed E-state index contributed by atoms with van der Waals surface area (Å²) in [5.74, 6) is 0.573. The van der Waals surface area contributed by atoms with Gasteiger partial charge in [0.25, 0.3) is 0 Å². The van der Waals surface area contributed by atoms with E-state index in [1.165, 1.54) is 4.68 Å². The Kier molecular flexibility index (Phi) is 5.26. The quantitative estimate of drug-likeness (QED) is 0.565. The van der Waals surface area contributed by atoms with Crippen molar-refractivity contribution in [3.63, 3.8) is 0 Å². The second kappa shape index (κ2) is 7.16. The van der Waals surface area contributed by atoms with E-state index in [0.29, 0.717) is 17.4 Å². The zero-order valence-electron chi connectivity index (χ0n) is 11.9. The molecule has 2 rings (SSSR count). The number of halogens is 1. The van der Waals surface area contributed by atoms with Crippen molar-refractivity contribution < 1.29 is 14.1 Å². The molecular weight excluding hydrogens is 298 g/mol. The summed E-state index contributed by atoms with van der Waals surface area (Å²) in [5.41, 5.74) is 0.575. The Morgan fingerprint density at radius 1 is 1.43 bits per heavy atom. The lowest BCUT2D eigenvalue weighted by Crippen LogP contribution is -2.10. The minimum atomic E-state index is -0.545. The SMILES string of the molecule is CCCc1noc(Cn2nnc(C(=O)OCC)c2CCl)n1. The van der Waals surface area contributed by atoms with E-state index in [9.17, 15) is 4.79 Å². The van der Waals surface area contributed by atoms with Crippen LogP contribution in [0.15, 0.2) is 4.52 Å². The number of nitrogens with zero attached hydrogens (tertiary/aromatic N) is 5. The monoisotopic (exact) mass is 313 g/mol. The highest BCUT2D eigenvalue weighted by molar-refractivity contribution is 6.17. The topological polar surface area (TPSA) is 95.9 Å². The van der Waals surface area contributed by atoms with Crippen LogP contribution in [0.25, 0.3) is 0 Å². The van der Waals surface area contributed by atoms with Gasteiger partial charge >= 0.3 is 5.97 Å². The Hall–Kier alpha value is -1.96. The van der Waals surface area contributed by atoms with Crippen molar-refractivity contribution in [3.05, 3.63) is 23.1 Å². The van der Waals surface area contributed by atoms with Crippen LogP contribution in [-0.4, -0.2) is 37.7 Å². The number of carbonyl (C=O) groups is 1. The molecule has 2 heterocycles. The largest absolute Gasteiger partial charge is 0.461 e. The van der Waals surface area contributed by atoms with Gasteiger partial charge in [-0.3, -0.25) is 0 Å². The van der Waals surface area contributed by atoms with E-state index in [1.54, 1.807) is 6.92 Å². The van der Waals surface area contributed by atoms with E-state index in [2.05, 4.69) is 20.5 Å². The zero-order valence-corrected chi connectivity index (χ0v) is 12.6. The summed E-state index contributed by atoms with van der Waals surface area (Å²) in [6.45, 7) is 4.23. The fraction of sp³-hybridized carbons (Fsp3) is 0.583. The zero-order chi connectivity index (χ0) is 15.2. The average Bonchev–Trinajstić information content (AvgIpc) is 3.07. The van der Waals surface area contributed by atoms with Crippen molar-refractivity contribution >= 4 is 17.6 Å². The van der Waals surface area contributed by atoms with Gasteiger partial charge in [0.1, 0.15) is 6.54 Å². The second-order valence-electron chi connectivity index (χ2n) is 4.25. The summed E-state index contributed by atoms with van der Waals surface area (Å²) in [7, 11) is 0. The lowest BCUT2D eigenvalue weighted by molar-refractivity contribution is 0.0518. The molecule has 0 unspecified atom stereocenters. The van der Waals surface area contributed by atoms with Gasteiger partial charge in [-0.1, -0.05) is 17.3 Å². The first kappa shape index (κ1) is 15.4. The van der Waals surface area contributed by atoms with Crippen LogP contribution in [0.3, 0.4) is 0 Å². The molecule has 0 aliphatic rings. The minimum Gasteiger partial charge on any atom is -0.461 e. The molecule has 9 heteroatoms. The standard InChI is InChI=1S/C12H16ClN5O3/c1-3-5-9-14-10(21-16-9)7-18-8(6-13)11(15-17-18)12(19)20-4-2/h3-7H2,1-2H3. The van der Waals surface area contributed by atoms with E-state index in [4.69, 9.17) is 20.9 Å². The van der Waals surface area contributed by atoms with Crippen LogP contribution < -0.4 is 0 Å². The van der Waals surface area contributed by atoms with Crippen LogP contribution in [0.1, 0.15) is 48.2 Å². The number of hydrogen-bond donors (Lipinski definition) is 0. The lowest BCUT2D eigenvalue weighted by atomic mass is 10.3. The molecule has 21 heavy (non-hydrogen) atoms. The van der Waals surface area contributed by atoms with Gasteiger partial charge in [-0.25, -0.2) is 9.48 Å². The number of alkyl halides is 1. The van der Waals surface area contributed by atoms with E-state index in [1.807, 2.05) is 6.92 Å². The molecule has 0 atom stereocenters. The molecule has 0 aliphatic heterocycles. The summed E-state index contributed by atoms with van der Waals surface area (Å²) >= 11 is 5.87. The van der Waals surface area contributed by atoms with Crippen molar-refractivity contribution in [1.82, 2.24) is 25.1 Å². The molecule has 2 aromatic heterocycles. The summed E-state index contributed by atoms with van der Waals surface area (Å²) in [6.07, 6.45) is 1.68. The summed E-state index contributed by atoms with van der Waals surface area (Å²) in [4.78, 5) is 16.0. The van der Waals surface area contributed by atoms with Gasteiger partial charge in [0.15, 0.2) is 11.5 Å². The van der Waals surface area contributed by atoms with E-state index < -0.39 is 5.97 Å². The maximum Gasteiger partial charge on any atom is 0.360 e. The number of esters is 1. The maximum atomic E-state index is 11.7. The fourth-order valence-electron chi connectivity index (χ4n) is 1.76. The molecule has 0 N–H and O–H groups in total. The normalized spacial score (nSPS) is 10.8. The first-order valence-corrected chi connectivity index (χ1v) is 7.19. The van der Waals surface area contributed by atoms with Crippen molar-refractivity contribution in [2.24, 2.45) is 0 Å². The first-order valence-electron chi connectivity index (χ1n) is 6.66. The van der Waals surface area contributed by atoms with Gasteiger partial charge in [-0.05, 0) is 13.3 Å². The maximum absolute atomic E-state index is 11.7. The molecule has 0 radical (unpaired) electrons. The third kappa shape index (κ3) is 3.57. The number of hydrogen-bond acceptors (Lipinski definition) is 7. The second-order valence-corrected chi connectivity index (χ2v) is 4.52. The number of aromatic nitrogens is 5. The summed E-state index contributed by atoms with van der Waals surface area (Å²) in [5, 5.41) is 11.6. The van der Waals surface area contributed by atoms with E-state index in [0.717, 1.165) is 12.8 Å². The van der Waals surface area contributed by atoms with Crippen LogP contribution in [0, 0.1) is 0 Å². The third-order valence-electron chi connectivity index (χ3n) is 2.70. The van der Waals surface area contributed by atoms with E-state index >= 15 is 0 Å². The van der Waals surface area contributed by atoms with Crippen molar-refractivity contribution in [1.29, 1.82) is 0 Å². The van der Waals surface area contributed by atoms with Crippen LogP contribution in [0.2, 0.25) is 0 Å². The molecular formula is C12H16ClN5O3. The van der Waals surface area contributed by atoms with Crippen LogP contribution >= 0.6 is 11.6 Å². The summed E-state index contributed by atoms with van der Waals surface area (Å²) < 4.78 is 11.5. The van der Waals surface area contributed by atoms with E-state index in [-0.39, 0.29) is 24.7 Å².